The smallest absolute Gasteiger partial charge is 0.183 e. The second-order valence-corrected chi connectivity index (χ2v) is 9.41. The van der Waals surface area contributed by atoms with Gasteiger partial charge in [0, 0.05) is 25.8 Å². The zero-order valence-corrected chi connectivity index (χ0v) is 18.0. The molecule has 0 spiro atoms. The van der Waals surface area contributed by atoms with Crippen LogP contribution in [0, 0.1) is 16.7 Å². The van der Waals surface area contributed by atoms with Crippen LogP contribution in [0.25, 0.3) is 5.57 Å². The highest BCUT2D eigenvalue weighted by Crippen LogP contribution is 2.40. The molecule has 2 heterocycles. The van der Waals surface area contributed by atoms with E-state index < -0.39 is 0 Å². The van der Waals surface area contributed by atoms with E-state index in [1.807, 2.05) is 0 Å². The highest BCUT2D eigenvalue weighted by atomic mass is 16.5. The van der Waals surface area contributed by atoms with Gasteiger partial charge in [-0.05, 0) is 71.8 Å². The minimum absolute atomic E-state index is 0.0216. The molecule has 1 aromatic heterocycles. The summed E-state index contributed by atoms with van der Waals surface area (Å²) in [4.78, 5) is 15.8. The van der Waals surface area contributed by atoms with Gasteiger partial charge >= 0.3 is 0 Å². The first-order valence-corrected chi connectivity index (χ1v) is 11.0. The minimum Gasteiger partial charge on any atom is -0.381 e. The van der Waals surface area contributed by atoms with Gasteiger partial charge in [-0.15, -0.1) is 0 Å². The van der Waals surface area contributed by atoms with Crippen molar-refractivity contribution in [3.63, 3.8) is 0 Å². The van der Waals surface area contributed by atoms with Crippen LogP contribution in [0.4, 0.5) is 0 Å². The van der Waals surface area contributed by atoms with Crippen LogP contribution in [-0.2, 0) is 11.2 Å². The van der Waals surface area contributed by atoms with Crippen molar-refractivity contribution in [1.29, 1.82) is 5.26 Å². The Morgan fingerprint density at radius 1 is 1.27 bits per heavy atom. The van der Waals surface area contributed by atoms with Gasteiger partial charge < -0.3 is 9.72 Å². The maximum Gasteiger partial charge on any atom is 0.183 e. The van der Waals surface area contributed by atoms with Crippen molar-refractivity contribution >= 4 is 11.4 Å². The highest BCUT2D eigenvalue weighted by Gasteiger charge is 2.25. The van der Waals surface area contributed by atoms with Crippen molar-refractivity contribution in [3.8, 4) is 6.07 Å². The molecule has 4 heteroatoms. The van der Waals surface area contributed by atoms with Gasteiger partial charge in [0.15, 0.2) is 5.78 Å². The number of nitriles is 1. The van der Waals surface area contributed by atoms with Crippen molar-refractivity contribution in [1.82, 2.24) is 4.98 Å². The number of hydrogen-bond donors (Lipinski definition) is 1. The summed E-state index contributed by atoms with van der Waals surface area (Å²) in [7, 11) is 0. The Hall–Kier alpha value is -2.64. The number of ketones is 1. The molecule has 156 valence electrons. The predicted octanol–water partition coefficient (Wildman–Crippen LogP) is 5.80. The molecule has 1 aliphatic carbocycles. The molecule has 4 rings (SSSR count). The topological polar surface area (TPSA) is 65.9 Å². The third-order valence-electron chi connectivity index (χ3n) is 6.61. The standard InChI is InChI=1S/C26H30N2O2/c1-26(2)9-5-20(6-10-26)23-14-21(19-7-11-30-12-8-19)3-4-22(23)15-25(29)24-13-18(16-27)17-28-24/h3-5,13-14,17,19,28H,6-12,15H2,1-2H3. The van der Waals surface area contributed by atoms with E-state index in [0.29, 0.717) is 29.0 Å². The number of aromatic nitrogens is 1. The van der Waals surface area contributed by atoms with Gasteiger partial charge in [-0.25, -0.2) is 0 Å². The van der Waals surface area contributed by atoms with Crippen LogP contribution in [0.2, 0.25) is 0 Å². The van der Waals surface area contributed by atoms with Crippen LogP contribution >= 0.6 is 0 Å². The zero-order valence-electron chi connectivity index (χ0n) is 18.0. The molecule has 1 saturated heterocycles. The first-order valence-electron chi connectivity index (χ1n) is 11.0. The SMILES string of the molecule is CC1(C)CC=C(c2cc(C3CCOCC3)ccc2CC(=O)c2cc(C#N)c[nH]2)CC1. The van der Waals surface area contributed by atoms with Crippen LogP contribution in [0.1, 0.15) is 84.6 Å². The number of benzene rings is 1. The summed E-state index contributed by atoms with van der Waals surface area (Å²) in [5, 5.41) is 9.04. The minimum atomic E-state index is 0.0216. The Morgan fingerprint density at radius 2 is 2.07 bits per heavy atom. The molecular weight excluding hydrogens is 372 g/mol. The largest absolute Gasteiger partial charge is 0.381 e. The Bertz CT molecular complexity index is 1000. The molecule has 4 nitrogen and oxygen atoms in total. The summed E-state index contributed by atoms with van der Waals surface area (Å²) < 4.78 is 5.54. The number of hydrogen-bond acceptors (Lipinski definition) is 3. The fourth-order valence-electron chi connectivity index (χ4n) is 4.54. The number of carbonyl (C=O) groups is 1. The molecule has 1 aromatic carbocycles. The summed E-state index contributed by atoms with van der Waals surface area (Å²) >= 11 is 0. The van der Waals surface area contributed by atoms with Gasteiger partial charge in [-0.3, -0.25) is 4.79 Å². The van der Waals surface area contributed by atoms with Crippen molar-refractivity contribution in [2.24, 2.45) is 5.41 Å². The van der Waals surface area contributed by atoms with Crippen molar-refractivity contribution in [3.05, 3.63) is 64.5 Å². The predicted molar refractivity (Wildman–Crippen MR) is 118 cm³/mol. The lowest BCUT2D eigenvalue weighted by molar-refractivity contribution is 0.0853. The molecule has 1 aliphatic heterocycles. The fraction of sp³-hybridized carbons (Fsp3) is 0.462. The third kappa shape index (κ3) is 4.57. The lowest BCUT2D eigenvalue weighted by Crippen LogP contribution is -2.16. The number of H-pyrrole nitrogens is 1. The summed E-state index contributed by atoms with van der Waals surface area (Å²) in [6.45, 7) is 6.29. The lowest BCUT2D eigenvalue weighted by Gasteiger charge is -2.30. The van der Waals surface area contributed by atoms with Crippen LogP contribution in [0.5, 0.6) is 0 Å². The van der Waals surface area contributed by atoms with Gasteiger partial charge in [0.2, 0.25) is 0 Å². The quantitative estimate of drug-likeness (QED) is 0.643. The molecule has 1 N–H and O–H groups in total. The van der Waals surface area contributed by atoms with E-state index in [2.05, 4.69) is 49.2 Å². The van der Waals surface area contributed by atoms with Gasteiger partial charge in [0.1, 0.15) is 6.07 Å². The molecule has 0 saturated carbocycles. The number of allylic oxidation sites excluding steroid dienone is 2. The van der Waals surface area contributed by atoms with E-state index in [4.69, 9.17) is 10.00 Å². The van der Waals surface area contributed by atoms with Crippen molar-refractivity contribution in [2.45, 2.75) is 58.3 Å². The average molecular weight is 403 g/mol. The van der Waals surface area contributed by atoms with Gasteiger partial charge in [-0.2, -0.15) is 5.26 Å². The Balaban J connectivity index is 1.65. The van der Waals surface area contributed by atoms with Crippen LogP contribution in [-0.4, -0.2) is 24.0 Å². The van der Waals surface area contributed by atoms with Crippen LogP contribution < -0.4 is 0 Å². The van der Waals surface area contributed by atoms with Crippen molar-refractivity contribution < 1.29 is 9.53 Å². The third-order valence-corrected chi connectivity index (χ3v) is 6.61. The summed E-state index contributed by atoms with van der Waals surface area (Å²) in [6.07, 6.45) is 9.71. The molecule has 0 bridgehead atoms. The maximum atomic E-state index is 12.9. The Labute approximate surface area is 179 Å². The van der Waals surface area contributed by atoms with E-state index in [1.54, 1.807) is 12.3 Å². The van der Waals surface area contributed by atoms with Crippen LogP contribution in [0.3, 0.4) is 0 Å². The molecule has 2 aliphatic rings. The molecule has 30 heavy (non-hydrogen) atoms. The van der Waals surface area contributed by atoms with E-state index in [0.717, 1.165) is 50.9 Å². The molecule has 1 fully saturated rings. The summed E-state index contributed by atoms with van der Waals surface area (Å²) in [5.41, 5.74) is 6.38. The molecule has 0 atom stereocenters. The number of nitrogens with one attached hydrogen (secondary N) is 1. The first-order chi connectivity index (χ1) is 14.4. The molecule has 0 radical (unpaired) electrons. The number of aromatic amines is 1. The molecule has 0 unspecified atom stereocenters. The first kappa shape index (κ1) is 20.6. The number of Topliss-reactive ketones (excluding diaryl/α,β-unsaturated/α-hetero) is 1. The number of rotatable bonds is 5. The van der Waals surface area contributed by atoms with E-state index in [9.17, 15) is 4.79 Å². The van der Waals surface area contributed by atoms with Gasteiger partial charge in [0.25, 0.3) is 0 Å². The maximum absolute atomic E-state index is 12.9. The summed E-state index contributed by atoms with van der Waals surface area (Å²) in [5.74, 6) is 0.554. The van der Waals surface area contributed by atoms with Crippen LogP contribution in [0.15, 0.2) is 36.5 Å². The lowest BCUT2D eigenvalue weighted by atomic mass is 9.75. The van der Waals surface area contributed by atoms with Gasteiger partial charge in [0.05, 0.1) is 11.3 Å². The molecule has 0 amide bonds. The summed E-state index contributed by atoms with van der Waals surface area (Å²) in [6, 6.07) is 10.4. The van der Waals surface area contributed by atoms with Gasteiger partial charge in [-0.1, -0.05) is 38.1 Å². The van der Waals surface area contributed by atoms with E-state index in [-0.39, 0.29) is 5.78 Å². The second kappa shape index (κ2) is 8.62. The van der Waals surface area contributed by atoms with Crippen molar-refractivity contribution in [2.75, 3.05) is 13.2 Å². The fourth-order valence-corrected chi connectivity index (χ4v) is 4.54. The average Bonchev–Trinajstić information content (AvgIpc) is 3.24. The normalized spacial score (nSPS) is 19.2. The monoisotopic (exact) mass is 402 g/mol. The Kier molecular flexibility index (Phi) is 5.92. The van der Waals surface area contributed by atoms with E-state index in [1.165, 1.54) is 16.7 Å². The molecular formula is C26H30N2O2. The Morgan fingerprint density at radius 3 is 2.73 bits per heavy atom. The molecule has 2 aromatic rings. The second-order valence-electron chi connectivity index (χ2n) is 9.41. The number of carbonyl (C=O) groups excluding carboxylic acids is 1. The highest BCUT2D eigenvalue weighted by molar-refractivity contribution is 5.97. The zero-order chi connectivity index (χ0) is 21.1. The number of nitrogens with zero attached hydrogens (tertiary/aromatic N) is 1. The number of ether oxygens (including phenoxy) is 1. The van der Waals surface area contributed by atoms with E-state index >= 15 is 0 Å².